The highest BCUT2D eigenvalue weighted by atomic mass is 35.5. The molecule has 0 bridgehead atoms. The van der Waals surface area contributed by atoms with Crippen molar-refractivity contribution < 1.29 is 0 Å². The Kier molecular flexibility index (Phi) is 4.08. The SMILES string of the molecule is Cc1nc(Cl)c(N(C)CC(C)C#N)nc1C. The van der Waals surface area contributed by atoms with Crippen molar-refractivity contribution in [3.8, 4) is 6.07 Å². The van der Waals surface area contributed by atoms with E-state index in [1.54, 1.807) is 0 Å². The zero-order valence-electron chi connectivity index (χ0n) is 9.95. The lowest BCUT2D eigenvalue weighted by atomic mass is 10.2. The predicted octanol–water partition coefficient (Wildman–Crippen LogP) is 2.34. The largest absolute Gasteiger partial charge is 0.356 e. The quantitative estimate of drug-likeness (QED) is 0.811. The second-order valence-corrected chi connectivity index (χ2v) is 4.28. The summed E-state index contributed by atoms with van der Waals surface area (Å²) in [6, 6.07) is 2.18. The van der Waals surface area contributed by atoms with Gasteiger partial charge in [0.25, 0.3) is 0 Å². The minimum Gasteiger partial charge on any atom is -0.356 e. The molecule has 1 aromatic heterocycles. The fraction of sp³-hybridized carbons (Fsp3) is 0.545. The average molecular weight is 239 g/mol. The molecule has 0 fully saturated rings. The number of nitriles is 1. The van der Waals surface area contributed by atoms with Crippen LogP contribution in [0, 0.1) is 31.1 Å². The number of nitrogens with zero attached hydrogens (tertiary/aromatic N) is 4. The molecule has 0 aliphatic carbocycles. The number of rotatable bonds is 3. The predicted molar refractivity (Wildman–Crippen MR) is 64.6 cm³/mol. The Hall–Kier alpha value is -1.34. The van der Waals surface area contributed by atoms with Crippen molar-refractivity contribution in [2.45, 2.75) is 20.8 Å². The zero-order valence-corrected chi connectivity index (χ0v) is 10.7. The highest BCUT2D eigenvalue weighted by Gasteiger charge is 2.13. The van der Waals surface area contributed by atoms with Gasteiger partial charge in [-0.15, -0.1) is 0 Å². The Balaban J connectivity index is 2.96. The van der Waals surface area contributed by atoms with E-state index in [2.05, 4.69) is 16.0 Å². The van der Waals surface area contributed by atoms with Gasteiger partial charge >= 0.3 is 0 Å². The smallest absolute Gasteiger partial charge is 0.171 e. The zero-order chi connectivity index (χ0) is 12.3. The lowest BCUT2D eigenvalue weighted by molar-refractivity contribution is 0.707. The lowest BCUT2D eigenvalue weighted by Gasteiger charge is -2.20. The standard InChI is InChI=1S/C11H15ClN4/c1-7(5-13)6-16(4)11-10(12)14-8(2)9(3)15-11/h7H,6H2,1-4H3. The molecule has 5 heteroatoms. The number of aryl methyl sites for hydroxylation is 2. The van der Waals surface area contributed by atoms with Crippen LogP contribution in [0.5, 0.6) is 0 Å². The van der Waals surface area contributed by atoms with Crippen molar-refractivity contribution in [1.29, 1.82) is 5.26 Å². The van der Waals surface area contributed by atoms with Gasteiger partial charge < -0.3 is 4.90 Å². The van der Waals surface area contributed by atoms with Gasteiger partial charge in [0.05, 0.1) is 23.4 Å². The Bertz CT molecular complexity index is 425. The summed E-state index contributed by atoms with van der Waals surface area (Å²) in [6.45, 7) is 6.21. The third-order valence-electron chi connectivity index (χ3n) is 2.38. The summed E-state index contributed by atoms with van der Waals surface area (Å²) in [4.78, 5) is 10.4. The number of halogens is 1. The molecule has 0 N–H and O–H groups in total. The van der Waals surface area contributed by atoms with Crippen LogP contribution in [0.15, 0.2) is 0 Å². The number of hydrogen-bond acceptors (Lipinski definition) is 4. The molecular formula is C11H15ClN4. The lowest BCUT2D eigenvalue weighted by Crippen LogP contribution is -2.25. The van der Waals surface area contributed by atoms with Gasteiger partial charge in [-0.3, -0.25) is 0 Å². The summed E-state index contributed by atoms with van der Waals surface area (Å²) >= 11 is 6.02. The average Bonchev–Trinajstić information content (AvgIpc) is 2.23. The highest BCUT2D eigenvalue weighted by molar-refractivity contribution is 6.31. The molecule has 0 saturated carbocycles. The van der Waals surface area contributed by atoms with Gasteiger partial charge in [0.15, 0.2) is 11.0 Å². The molecule has 1 heterocycles. The van der Waals surface area contributed by atoms with Gasteiger partial charge in [-0.2, -0.15) is 5.26 Å². The molecule has 4 nitrogen and oxygen atoms in total. The number of anilines is 1. The van der Waals surface area contributed by atoms with Crippen molar-refractivity contribution >= 4 is 17.4 Å². The summed E-state index contributed by atoms with van der Waals surface area (Å²) in [7, 11) is 1.86. The summed E-state index contributed by atoms with van der Waals surface area (Å²) in [5.41, 5.74) is 1.69. The van der Waals surface area contributed by atoms with E-state index in [0.717, 1.165) is 11.4 Å². The molecule has 1 atom stereocenters. The summed E-state index contributed by atoms with van der Waals surface area (Å²) in [5.74, 6) is 0.566. The van der Waals surface area contributed by atoms with Crippen molar-refractivity contribution in [3.05, 3.63) is 16.5 Å². The minimum absolute atomic E-state index is 0.0653. The summed E-state index contributed by atoms with van der Waals surface area (Å²) < 4.78 is 0. The molecule has 86 valence electrons. The third kappa shape index (κ3) is 2.83. The molecule has 1 unspecified atom stereocenters. The van der Waals surface area contributed by atoms with Crippen LogP contribution in [-0.4, -0.2) is 23.6 Å². The third-order valence-corrected chi connectivity index (χ3v) is 2.63. The van der Waals surface area contributed by atoms with Crippen LogP contribution in [0.2, 0.25) is 5.15 Å². The van der Waals surface area contributed by atoms with E-state index in [0.29, 0.717) is 17.5 Å². The summed E-state index contributed by atoms with van der Waals surface area (Å²) in [5, 5.41) is 9.14. The van der Waals surface area contributed by atoms with Crippen LogP contribution in [-0.2, 0) is 0 Å². The molecule has 0 aromatic carbocycles. The van der Waals surface area contributed by atoms with Gasteiger partial charge in [-0.25, -0.2) is 9.97 Å². The van der Waals surface area contributed by atoms with Crippen LogP contribution >= 0.6 is 11.6 Å². The van der Waals surface area contributed by atoms with Gasteiger partial charge in [0, 0.05) is 13.6 Å². The molecule has 1 aromatic rings. The maximum atomic E-state index is 8.75. The Morgan fingerprint density at radius 2 is 1.94 bits per heavy atom. The molecule has 0 saturated heterocycles. The molecule has 0 aliphatic heterocycles. The van der Waals surface area contributed by atoms with Gasteiger partial charge in [0.1, 0.15) is 0 Å². The van der Waals surface area contributed by atoms with E-state index in [-0.39, 0.29) is 5.92 Å². The molecule has 16 heavy (non-hydrogen) atoms. The normalized spacial score (nSPS) is 12.0. The maximum Gasteiger partial charge on any atom is 0.171 e. The molecule has 0 aliphatic rings. The fourth-order valence-electron chi connectivity index (χ4n) is 1.34. The summed E-state index contributed by atoms with van der Waals surface area (Å²) in [6.07, 6.45) is 0. The topological polar surface area (TPSA) is 52.8 Å². The molecule has 0 amide bonds. The maximum absolute atomic E-state index is 8.75. The highest BCUT2D eigenvalue weighted by Crippen LogP contribution is 2.22. The van der Waals surface area contributed by atoms with Crippen molar-refractivity contribution in [2.75, 3.05) is 18.5 Å². The van der Waals surface area contributed by atoms with Gasteiger partial charge in [0.2, 0.25) is 0 Å². The molecule has 0 spiro atoms. The van der Waals surface area contributed by atoms with E-state index in [1.807, 2.05) is 32.7 Å². The first-order valence-corrected chi connectivity index (χ1v) is 5.45. The van der Waals surface area contributed by atoms with E-state index in [4.69, 9.17) is 16.9 Å². The van der Waals surface area contributed by atoms with Crippen molar-refractivity contribution in [3.63, 3.8) is 0 Å². The van der Waals surface area contributed by atoms with Crippen LogP contribution < -0.4 is 4.90 Å². The van der Waals surface area contributed by atoms with Crippen LogP contribution in [0.3, 0.4) is 0 Å². The van der Waals surface area contributed by atoms with E-state index < -0.39 is 0 Å². The van der Waals surface area contributed by atoms with Crippen LogP contribution in [0.1, 0.15) is 18.3 Å². The first kappa shape index (κ1) is 12.7. The second-order valence-electron chi connectivity index (χ2n) is 3.92. The Morgan fingerprint density at radius 1 is 1.38 bits per heavy atom. The van der Waals surface area contributed by atoms with E-state index in [1.165, 1.54) is 0 Å². The van der Waals surface area contributed by atoms with Crippen molar-refractivity contribution in [2.24, 2.45) is 5.92 Å². The Morgan fingerprint density at radius 3 is 2.50 bits per heavy atom. The molecule has 0 radical (unpaired) electrons. The van der Waals surface area contributed by atoms with Gasteiger partial charge in [-0.1, -0.05) is 11.6 Å². The van der Waals surface area contributed by atoms with E-state index in [9.17, 15) is 0 Å². The second kappa shape index (κ2) is 5.13. The van der Waals surface area contributed by atoms with Crippen LogP contribution in [0.4, 0.5) is 5.82 Å². The van der Waals surface area contributed by atoms with Crippen LogP contribution in [0.25, 0.3) is 0 Å². The fourth-order valence-corrected chi connectivity index (χ4v) is 1.66. The van der Waals surface area contributed by atoms with Crippen molar-refractivity contribution in [1.82, 2.24) is 9.97 Å². The number of hydrogen-bond donors (Lipinski definition) is 0. The van der Waals surface area contributed by atoms with Gasteiger partial charge in [-0.05, 0) is 20.8 Å². The minimum atomic E-state index is -0.0653. The first-order chi connectivity index (χ1) is 7.45. The Labute approximate surface area is 101 Å². The first-order valence-electron chi connectivity index (χ1n) is 5.07. The monoisotopic (exact) mass is 238 g/mol. The molecule has 1 rings (SSSR count). The number of aromatic nitrogens is 2. The van der Waals surface area contributed by atoms with E-state index >= 15 is 0 Å². The molecular weight excluding hydrogens is 224 g/mol.